The lowest BCUT2D eigenvalue weighted by Gasteiger charge is -2.15. The van der Waals surface area contributed by atoms with E-state index in [9.17, 15) is 9.59 Å². The summed E-state index contributed by atoms with van der Waals surface area (Å²) >= 11 is 0. The van der Waals surface area contributed by atoms with Crippen LogP contribution in [0.3, 0.4) is 0 Å². The van der Waals surface area contributed by atoms with Gasteiger partial charge in [0, 0.05) is 0 Å². The maximum absolute atomic E-state index is 12.4. The first-order valence-corrected chi connectivity index (χ1v) is 6.84. The third kappa shape index (κ3) is 2.73. The van der Waals surface area contributed by atoms with Crippen molar-refractivity contribution in [1.82, 2.24) is 5.32 Å². The number of hydrogen-bond donors (Lipinski definition) is 1. The van der Waals surface area contributed by atoms with Gasteiger partial charge in [-0.1, -0.05) is 17.7 Å². The molecule has 0 aliphatic carbocycles. The summed E-state index contributed by atoms with van der Waals surface area (Å²) in [5, 5.41) is 3.07. The molecule has 108 valence electrons. The number of furan rings is 1. The summed E-state index contributed by atoms with van der Waals surface area (Å²) in [6.07, 6.45) is 1.75. The molecule has 3 rings (SSSR count). The highest BCUT2D eigenvalue weighted by Crippen LogP contribution is 2.23. The van der Waals surface area contributed by atoms with Crippen molar-refractivity contribution in [2.24, 2.45) is 0 Å². The largest absolute Gasteiger partial charge is 0.468 e. The van der Waals surface area contributed by atoms with E-state index in [1.807, 2.05) is 25.1 Å². The van der Waals surface area contributed by atoms with Gasteiger partial charge in [-0.15, -0.1) is 0 Å². The number of nitrogens with zero attached hydrogens (tertiary/aromatic N) is 1. The summed E-state index contributed by atoms with van der Waals surface area (Å²) < 4.78 is 5.21. The van der Waals surface area contributed by atoms with E-state index in [4.69, 9.17) is 4.42 Å². The van der Waals surface area contributed by atoms with Crippen molar-refractivity contribution in [2.75, 3.05) is 4.90 Å². The van der Waals surface area contributed by atoms with Gasteiger partial charge in [0.25, 0.3) is 5.91 Å². The second-order valence-electron chi connectivity index (χ2n) is 5.12. The summed E-state index contributed by atoms with van der Waals surface area (Å²) in [5.41, 5.74) is 1.71. The Balaban J connectivity index is 1.71. The first-order valence-electron chi connectivity index (χ1n) is 6.84. The number of carbonyl (C=O) groups excluding carboxylic acids is 2. The molecule has 1 aromatic heterocycles. The number of carbonyl (C=O) groups is 2. The van der Waals surface area contributed by atoms with E-state index < -0.39 is 6.04 Å². The summed E-state index contributed by atoms with van der Waals surface area (Å²) in [4.78, 5) is 25.7. The SMILES string of the molecule is Cc1ccc(N2C(=O)C[C@H](NCc3ccco3)C2=O)cc1. The van der Waals surface area contributed by atoms with Crippen molar-refractivity contribution >= 4 is 17.5 Å². The molecule has 1 aliphatic rings. The van der Waals surface area contributed by atoms with Gasteiger partial charge in [-0.3, -0.25) is 14.9 Å². The molecule has 1 fully saturated rings. The molecule has 21 heavy (non-hydrogen) atoms. The summed E-state index contributed by atoms with van der Waals surface area (Å²) in [6.45, 7) is 2.39. The Kier molecular flexibility index (Phi) is 3.58. The average molecular weight is 284 g/mol. The molecule has 1 atom stereocenters. The van der Waals surface area contributed by atoms with E-state index in [0.717, 1.165) is 11.3 Å². The molecule has 1 saturated heterocycles. The fraction of sp³-hybridized carbons (Fsp3) is 0.250. The number of hydrogen-bond acceptors (Lipinski definition) is 4. The Morgan fingerprint density at radius 2 is 2.00 bits per heavy atom. The lowest BCUT2D eigenvalue weighted by atomic mass is 10.2. The van der Waals surface area contributed by atoms with E-state index in [1.165, 1.54) is 4.90 Å². The smallest absolute Gasteiger partial charge is 0.251 e. The quantitative estimate of drug-likeness (QED) is 0.872. The minimum Gasteiger partial charge on any atom is -0.468 e. The van der Waals surface area contributed by atoms with Crippen molar-refractivity contribution in [3.05, 3.63) is 54.0 Å². The predicted octanol–water partition coefficient (Wildman–Crippen LogP) is 2.01. The third-order valence-corrected chi connectivity index (χ3v) is 3.54. The van der Waals surface area contributed by atoms with Crippen LogP contribution >= 0.6 is 0 Å². The van der Waals surface area contributed by atoms with Crippen molar-refractivity contribution in [2.45, 2.75) is 25.9 Å². The van der Waals surface area contributed by atoms with Gasteiger partial charge in [-0.05, 0) is 31.2 Å². The number of benzene rings is 1. The Hall–Kier alpha value is -2.40. The van der Waals surface area contributed by atoms with Crippen molar-refractivity contribution < 1.29 is 14.0 Å². The van der Waals surface area contributed by atoms with Gasteiger partial charge >= 0.3 is 0 Å². The van der Waals surface area contributed by atoms with Crippen molar-refractivity contribution in [3.8, 4) is 0 Å². The molecule has 5 heteroatoms. The van der Waals surface area contributed by atoms with Crippen LogP contribution in [0.4, 0.5) is 5.69 Å². The Labute approximate surface area is 122 Å². The number of aryl methyl sites for hydroxylation is 1. The van der Waals surface area contributed by atoms with Gasteiger partial charge in [-0.2, -0.15) is 0 Å². The first-order chi connectivity index (χ1) is 10.1. The Morgan fingerprint density at radius 1 is 1.24 bits per heavy atom. The predicted molar refractivity (Wildman–Crippen MR) is 77.6 cm³/mol. The van der Waals surface area contributed by atoms with E-state index in [1.54, 1.807) is 24.5 Å². The molecule has 1 N–H and O–H groups in total. The van der Waals surface area contributed by atoms with Crippen LogP contribution in [0.1, 0.15) is 17.7 Å². The normalized spacial score (nSPS) is 18.5. The van der Waals surface area contributed by atoms with Gasteiger partial charge in [0.15, 0.2) is 0 Å². The van der Waals surface area contributed by atoms with Gasteiger partial charge in [0.05, 0.1) is 31.0 Å². The molecule has 0 bridgehead atoms. The minimum absolute atomic E-state index is 0.174. The highest BCUT2D eigenvalue weighted by molar-refractivity contribution is 6.22. The highest BCUT2D eigenvalue weighted by Gasteiger charge is 2.39. The molecule has 0 spiro atoms. The number of nitrogens with one attached hydrogen (secondary N) is 1. The molecule has 2 aromatic rings. The van der Waals surface area contributed by atoms with Crippen LogP contribution in [-0.4, -0.2) is 17.9 Å². The molecule has 1 aromatic carbocycles. The number of anilines is 1. The summed E-state index contributed by atoms with van der Waals surface area (Å²) in [6, 6.07) is 10.5. The molecular formula is C16H16N2O3. The zero-order valence-electron chi connectivity index (χ0n) is 11.7. The van der Waals surface area contributed by atoms with E-state index in [2.05, 4.69) is 5.32 Å². The zero-order chi connectivity index (χ0) is 14.8. The average Bonchev–Trinajstić information content (AvgIpc) is 3.07. The molecule has 1 aliphatic heterocycles. The monoisotopic (exact) mass is 284 g/mol. The standard InChI is InChI=1S/C16H16N2O3/c1-11-4-6-12(7-5-11)18-15(19)9-14(16(18)20)17-10-13-3-2-8-21-13/h2-8,14,17H,9-10H2,1H3/t14-/m0/s1. The lowest BCUT2D eigenvalue weighted by Crippen LogP contribution is -2.38. The van der Waals surface area contributed by atoms with Crippen LogP contribution in [-0.2, 0) is 16.1 Å². The van der Waals surface area contributed by atoms with Crippen LogP contribution in [0.25, 0.3) is 0 Å². The van der Waals surface area contributed by atoms with Crippen LogP contribution in [0.5, 0.6) is 0 Å². The van der Waals surface area contributed by atoms with E-state index in [-0.39, 0.29) is 18.2 Å². The summed E-state index contributed by atoms with van der Waals surface area (Å²) in [5.74, 6) is 0.347. The van der Waals surface area contributed by atoms with Crippen LogP contribution in [0, 0.1) is 6.92 Å². The molecule has 2 amide bonds. The first kappa shape index (κ1) is 13.6. The maximum Gasteiger partial charge on any atom is 0.251 e. The third-order valence-electron chi connectivity index (χ3n) is 3.54. The fourth-order valence-corrected chi connectivity index (χ4v) is 2.39. The van der Waals surface area contributed by atoms with Crippen LogP contribution < -0.4 is 10.2 Å². The minimum atomic E-state index is -0.496. The molecule has 5 nitrogen and oxygen atoms in total. The number of rotatable bonds is 4. The van der Waals surface area contributed by atoms with Gasteiger partial charge in [0.1, 0.15) is 5.76 Å². The molecule has 0 radical (unpaired) electrons. The molecule has 2 heterocycles. The lowest BCUT2D eigenvalue weighted by molar-refractivity contribution is -0.121. The van der Waals surface area contributed by atoms with Gasteiger partial charge in [-0.25, -0.2) is 4.90 Å². The fourth-order valence-electron chi connectivity index (χ4n) is 2.39. The summed E-state index contributed by atoms with van der Waals surface area (Å²) in [7, 11) is 0. The van der Waals surface area contributed by atoms with Crippen LogP contribution in [0.2, 0.25) is 0 Å². The number of amides is 2. The van der Waals surface area contributed by atoms with Gasteiger partial charge < -0.3 is 4.42 Å². The number of imide groups is 1. The maximum atomic E-state index is 12.4. The second-order valence-corrected chi connectivity index (χ2v) is 5.12. The van der Waals surface area contributed by atoms with Crippen molar-refractivity contribution in [1.29, 1.82) is 0 Å². The van der Waals surface area contributed by atoms with E-state index in [0.29, 0.717) is 12.2 Å². The molecule has 0 saturated carbocycles. The molecular weight excluding hydrogens is 268 g/mol. The molecule has 0 unspecified atom stereocenters. The second kappa shape index (κ2) is 5.54. The Bertz CT molecular complexity index is 647. The highest BCUT2D eigenvalue weighted by atomic mass is 16.3. The van der Waals surface area contributed by atoms with Gasteiger partial charge in [0.2, 0.25) is 5.91 Å². The van der Waals surface area contributed by atoms with E-state index >= 15 is 0 Å². The van der Waals surface area contributed by atoms with Crippen molar-refractivity contribution in [3.63, 3.8) is 0 Å². The zero-order valence-corrected chi connectivity index (χ0v) is 11.7. The topological polar surface area (TPSA) is 62.6 Å². The van der Waals surface area contributed by atoms with Crippen LogP contribution in [0.15, 0.2) is 47.1 Å². The Morgan fingerprint density at radius 3 is 2.67 bits per heavy atom.